The maximum absolute atomic E-state index is 13.2. The summed E-state index contributed by atoms with van der Waals surface area (Å²) in [4.78, 5) is 3.98. The Kier molecular flexibility index (Phi) is 1.93. The molecule has 3 heteroatoms. The number of pyridine rings is 1. The minimum absolute atomic E-state index is 0.332. The molecule has 0 radical (unpaired) electrons. The summed E-state index contributed by atoms with van der Waals surface area (Å²) >= 11 is 5.99. The number of aromatic nitrogens is 1. The molecule has 0 atom stereocenters. The summed E-state index contributed by atoms with van der Waals surface area (Å²) in [5.41, 5.74) is 1.19. The van der Waals surface area contributed by atoms with Crippen LogP contribution in [0.4, 0.5) is 4.39 Å². The monoisotopic (exact) mass is 195 g/mol. The van der Waals surface area contributed by atoms with Crippen LogP contribution >= 0.6 is 11.6 Å². The van der Waals surface area contributed by atoms with E-state index in [4.69, 9.17) is 11.6 Å². The van der Waals surface area contributed by atoms with Crippen molar-refractivity contribution in [3.63, 3.8) is 0 Å². The van der Waals surface area contributed by atoms with Crippen LogP contribution in [0.1, 0.15) is 5.56 Å². The first kappa shape index (κ1) is 8.45. The topological polar surface area (TPSA) is 12.9 Å². The van der Waals surface area contributed by atoms with Crippen LogP contribution in [0.15, 0.2) is 24.4 Å². The van der Waals surface area contributed by atoms with Crippen molar-refractivity contribution in [2.75, 3.05) is 0 Å². The second-order valence-electron chi connectivity index (χ2n) is 2.89. The number of benzene rings is 1. The van der Waals surface area contributed by atoms with E-state index in [-0.39, 0.29) is 5.82 Å². The van der Waals surface area contributed by atoms with Gasteiger partial charge in [0.25, 0.3) is 0 Å². The Hall–Kier alpha value is -1.15. The fourth-order valence-corrected chi connectivity index (χ4v) is 1.46. The van der Waals surface area contributed by atoms with E-state index in [9.17, 15) is 4.39 Å². The number of rotatable bonds is 0. The van der Waals surface area contributed by atoms with Gasteiger partial charge in [0.1, 0.15) is 11.3 Å². The number of hydrogen-bond acceptors (Lipinski definition) is 1. The zero-order chi connectivity index (χ0) is 9.42. The molecule has 66 valence electrons. The third-order valence-corrected chi connectivity index (χ3v) is 2.46. The number of nitrogens with zero attached hydrogens (tertiary/aromatic N) is 1. The van der Waals surface area contributed by atoms with Gasteiger partial charge in [0.05, 0.1) is 5.02 Å². The molecule has 0 amide bonds. The molecule has 0 aliphatic rings. The Morgan fingerprint density at radius 3 is 2.92 bits per heavy atom. The van der Waals surface area contributed by atoms with Crippen molar-refractivity contribution in [3.05, 3.63) is 40.8 Å². The molecule has 1 nitrogen and oxygen atoms in total. The van der Waals surface area contributed by atoms with Crippen molar-refractivity contribution in [3.8, 4) is 0 Å². The number of fused-ring (bicyclic) bond motifs is 1. The molecule has 0 aliphatic carbocycles. The van der Waals surface area contributed by atoms with Crippen LogP contribution in [0.5, 0.6) is 0 Å². The molecule has 0 spiro atoms. The van der Waals surface area contributed by atoms with Crippen molar-refractivity contribution in [2.45, 2.75) is 6.92 Å². The molecular weight excluding hydrogens is 189 g/mol. The highest BCUT2D eigenvalue weighted by atomic mass is 35.5. The van der Waals surface area contributed by atoms with E-state index in [2.05, 4.69) is 4.98 Å². The van der Waals surface area contributed by atoms with E-state index in [1.807, 2.05) is 6.92 Å². The lowest BCUT2D eigenvalue weighted by molar-refractivity contribution is 0.637. The second kappa shape index (κ2) is 2.96. The molecule has 1 aromatic heterocycles. The van der Waals surface area contributed by atoms with Crippen LogP contribution in [-0.4, -0.2) is 4.98 Å². The molecule has 0 N–H and O–H groups in total. The van der Waals surface area contributed by atoms with E-state index in [1.165, 1.54) is 6.07 Å². The van der Waals surface area contributed by atoms with E-state index < -0.39 is 0 Å². The lowest BCUT2D eigenvalue weighted by Gasteiger charge is -2.02. The van der Waals surface area contributed by atoms with Crippen molar-refractivity contribution in [1.82, 2.24) is 4.98 Å². The van der Waals surface area contributed by atoms with Crippen molar-refractivity contribution < 1.29 is 4.39 Å². The third kappa shape index (κ3) is 1.27. The van der Waals surface area contributed by atoms with Crippen LogP contribution in [-0.2, 0) is 0 Å². The van der Waals surface area contributed by atoms with E-state index in [0.29, 0.717) is 15.9 Å². The first-order valence-electron chi connectivity index (χ1n) is 3.89. The highest BCUT2D eigenvalue weighted by Crippen LogP contribution is 2.26. The van der Waals surface area contributed by atoms with Gasteiger partial charge in [0.2, 0.25) is 0 Å². The van der Waals surface area contributed by atoms with Crippen LogP contribution < -0.4 is 0 Å². The Bertz CT molecular complexity index is 468. The molecule has 1 heterocycles. The zero-order valence-electron chi connectivity index (χ0n) is 7.01. The predicted octanol–water partition coefficient (Wildman–Crippen LogP) is 3.34. The molecule has 0 saturated heterocycles. The molecule has 2 aromatic rings. The van der Waals surface area contributed by atoms with Crippen molar-refractivity contribution >= 4 is 22.5 Å². The van der Waals surface area contributed by atoms with Gasteiger partial charge in [0, 0.05) is 11.6 Å². The zero-order valence-corrected chi connectivity index (χ0v) is 7.77. The van der Waals surface area contributed by atoms with Crippen LogP contribution in [0.3, 0.4) is 0 Å². The minimum atomic E-state index is -0.334. The van der Waals surface area contributed by atoms with E-state index in [1.54, 1.807) is 18.3 Å². The molecule has 0 fully saturated rings. The summed E-state index contributed by atoms with van der Waals surface area (Å²) < 4.78 is 13.2. The number of halogens is 2. The average Bonchev–Trinajstić information content (AvgIpc) is 2.12. The van der Waals surface area contributed by atoms with Gasteiger partial charge in [-0.15, -0.1) is 0 Å². The maximum Gasteiger partial charge on any atom is 0.149 e. The highest BCUT2D eigenvalue weighted by molar-refractivity contribution is 6.36. The fraction of sp³-hybridized carbons (Fsp3) is 0.100. The Balaban J connectivity index is 2.94. The normalized spacial score (nSPS) is 10.7. The molecule has 0 saturated carbocycles. The Morgan fingerprint density at radius 1 is 1.38 bits per heavy atom. The molecular formula is C10H7ClFN. The molecule has 0 bridgehead atoms. The van der Waals surface area contributed by atoms with Gasteiger partial charge in [-0.05, 0) is 18.6 Å². The summed E-state index contributed by atoms with van der Waals surface area (Å²) in [5.74, 6) is -0.334. The van der Waals surface area contributed by atoms with Crippen LogP contribution in [0.25, 0.3) is 10.9 Å². The predicted molar refractivity (Wildman–Crippen MR) is 51.4 cm³/mol. The molecule has 0 unspecified atom stereocenters. The summed E-state index contributed by atoms with van der Waals surface area (Å²) in [6.07, 6.45) is 1.58. The molecule has 13 heavy (non-hydrogen) atoms. The smallest absolute Gasteiger partial charge is 0.149 e. The maximum atomic E-state index is 13.2. The summed E-state index contributed by atoms with van der Waals surface area (Å²) in [6.45, 7) is 1.85. The quantitative estimate of drug-likeness (QED) is 0.628. The summed E-state index contributed by atoms with van der Waals surface area (Å²) in [7, 11) is 0. The summed E-state index contributed by atoms with van der Waals surface area (Å²) in [5, 5.41) is 1.24. The minimum Gasteiger partial charge on any atom is -0.253 e. The number of hydrogen-bond donors (Lipinski definition) is 0. The highest BCUT2D eigenvalue weighted by Gasteiger charge is 2.06. The SMILES string of the molecule is Cc1cnc2c(F)cccc2c1Cl. The molecule has 1 aromatic carbocycles. The lowest BCUT2D eigenvalue weighted by atomic mass is 10.2. The Morgan fingerprint density at radius 2 is 2.15 bits per heavy atom. The number of aryl methyl sites for hydroxylation is 1. The van der Waals surface area contributed by atoms with Gasteiger partial charge in [-0.25, -0.2) is 4.39 Å². The average molecular weight is 196 g/mol. The standard InChI is InChI=1S/C10H7ClFN/c1-6-5-13-10-7(9(6)11)3-2-4-8(10)12/h2-5H,1H3. The first-order chi connectivity index (χ1) is 6.20. The molecule has 0 aliphatic heterocycles. The number of para-hydroxylation sites is 1. The van der Waals surface area contributed by atoms with Crippen molar-refractivity contribution in [2.24, 2.45) is 0 Å². The van der Waals surface area contributed by atoms with Gasteiger partial charge < -0.3 is 0 Å². The lowest BCUT2D eigenvalue weighted by Crippen LogP contribution is -1.87. The van der Waals surface area contributed by atoms with Gasteiger partial charge in [0.15, 0.2) is 0 Å². The molecule has 2 rings (SSSR count). The van der Waals surface area contributed by atoms with Gasteiger partial charge in [-0.1, -0.05) is 23.7 Å². The first-order valence-corrected chi connectivity index (χ1v) is 4.27. The van der Waals surface area contributed by atoms with Crippen molar-refractivity contribution in [1.29, 1.82) is 0 Å². The van der Waals surface area contributed by atoms with Crippen LogP contribution in [0.2, 0.25) is 5.02 Å². The Labute approximate surface area is 80.2 Å². The third-order valence-electron chi connectivity index (χ3n) is 1.96. The van der Waals surface area contributed by atoms with E-state index >= 15 is 0 Å². The summed E-state index contributed by atoms with van der Waals surface area (Å²) in [6, 6.07) is 4.77. The van der Waals surface area contributed by atoms with Gasteiger partial charge >= 0.3 is 0 Å². The van der Waals surface area contributed by atoms with Gasteiger partial charge in [-0.2, -0.15) is 0 Å². The van der Waals surface area contributed by atoms with E-state index in [0.717, 1.165) is 5.56 Å². The van der Waals surface area contributed by atoms with Crippen LogP contribution in [0, 0.1) is 12.7 Å². The second-order valence-corrected chi connectivity index (χ2v) is 3.27. The largest absolute Gasteiger partial charge is 0.253 e. The fourth-order valence-electron chi connectivity index (χ4n) is 1.25. The van der Waals surface area contributed by atoms with Gasteiger partial charge in [-0.3, -0.25) is 4.98 Å².